The van der Waals surface area contributed by atoms with Crippen LogP contribution in [0.2, 0.25) is 0 Å². The highest BCUT2D eigenvalue weighted by atomic mass is 32.2. The van der Waals surface area contributed by atoms with Crippen LogP contribution in [0.4, 0.5) is 13.2 Å². The van der Waals surface area contributed by atoms with Gasteiger partial charge >= 0.3 is 5.51 Å². The molecule has 11 heteroatoms. The lowest BCUT2D eigenvalue weighted by Gasteiger charge is -2.22. The van der Waals surface area contributed by atoms with Gasteiger partial charge in [0.15, 0.2) is 34.6 Å². The van der Waals surface area contributed by atoms with E-state index in [1.54, 1.807) is 12.1 Å². The van der Waals surface area contributed by atoms with E-state index >= 15 is 0 Å². The molecule has 1 unspecified atom stereocenters. The Hall–Kier alpha value is -3.12. The summed E-state index contributed by atoms with van der Waals surface area (Å²) in [4.78, 5) is 3.92. The molecule has 43 heavy (non-hydrogen) atoms. The summed E-state index contributed by atoms with van der Waals surface area (Å²) >= 11 is 0. The van der Waals surface area contributed by atoms with Crippen molar-refractivity contribution in [3.05, 3.63) is 109 Å². The molecule has 0 aliphatic heterocycles. The first-order chi connectivity index (χ1) is 20.3. The molecule has 5 rings (SSSR count). The number of alkyl halides is 3. The van der Waals surface area contributed by atoms with E-state index in [0.29, 0.717) is 10.8 Å². The fourth-order valence-corrected chi connectivity index (χ4v) is 7.89. The van der Waals surface area contributed by atoms with Crippen molar-refractivity contribution in [2.24, 2.45) is 0 Å². The maximum absolute atomic E-state index is 12.0. The Bertz CT molecular complexity index is 1720. The lowest BCUT2D eigenvalue weighted by Crippen LogP contribution is -2.21. The second-order valence-corrected chi connectivity index (χ2v) is 15.6. The Labute approximate surface area is 253 Å². The molecule has 0 radical (unpaired) electrons. The van der Waals surface area contributed by atoms with Gasteiger partial charge in [0, 0.05) is 11.8 Å². The maximum atomic E-state index is 12.0. The van der Waals surface area contributed by atoms with Crippen LogP contribution in [0.25, 0.3) is 11.1 Å². The summed E-state index contributed by atoms with van der Waals surface area (Å²) in [6, 6.07) is 35.7. The molecule has 0 amide bonds. The standard InChI is InChI=1S/C31H31O2S2.CHF3O3S/c1-35(32,33)29-22-20-28(21-23-29)34(27-12-6-3-7-13-27)31-15-9-8-14-30(31)26-18-16-25(17-19-26)24-10-4-2-5-11-24;2-1(3,4)8(5,6)7/h3,6-9,12-24H,2,4-5,10-11H2,1H3;(H,5,6,7)/q+1;/p-1. The van der Waals surface area contributed by atoms with Crippen LogP contribution < -0.4 is 0 Å². The van der Waals surface area contributed by atoms with Crippen molar-refractivity contribution >= 4 is 30.9 Å². The van der Waals surface area contributed by atoms with Gasteiger partial charge in [0.1, 0.15) is 0 Å². The molecule has 4 aromatic carbocycles. The molecular weight excluding hydrogens is 618 g/mol. The highest BCUT2D eigenvalue weighted by molar-refractivity contribution is 7.97. The molecule has 1 fully saturated rings. The third-order valence-corrected chi connectivity index (χ3v) is 11.1. The summed E-state index contributed by atoms with van der Waals surface area (Å²) in [6.07, 6.45) is 7.91. The summed E-state index contributed by atoms with van der Waals surface area (Å²) in [6.45, 7) is 0. The molecule has 1 aliphatic rings. The topological polar surface area (TPSA) is 91.3 Å². The van der Waals surface area contributed by atoms with Gasteiger partial charge < -0.3 is 4.55 Å². The first-order valence-electron chi connectivity index (χ1n) is 13.6. The number of rotatable bonds is 6. The Balaban J connectivity index is 0.000000467. The lowest BCUT2D eigenvalue weighted by atomic mass is 9.84. The zero-order chi connectivity index (χ0) is 31.3. The summed E-state index contributed by atoms with van der Waals surface area (Å²) in [5.74, 6) is 0.695. The molecule has 0 N–H and O–H groups in total. The monoisotopic (exact) mass is 648 g/mol. The molecular formula is C32H31F3O5S3. The van der Waals surface area contributed by atoms with Crippen LogP contribution in [0.5, 0.6) is 0 Å². The van der Waals surface area contributed by atoms with Crippen LogP contribution in [-0.4, -0.2) is 33.2 Å². The second-order valence-electron chi connectivity index (χ2n) is 10.2. The molecule has 0 spiro atoms. The first kappa shape index (κ1) is 32.8. The van der Waals surface area contributed by atoms with Crippen LogP contribution in [0.1, 0.15) is 43.6 Å². The smallest absolute Gasteiger partial charge is 0.485 e. The van der Waals surface area contributed by atoms with Gasteiger partial charge in [-0.05, 0) is 78.4 Å². The van der Waals surface area contributed by atoms with Gasteiger partial charge in [-0.3, -0.25) is 0 Å². The van der Waals surface area contributed by atoms with E-state index in [1.165, 1.54) is 64.8 Å². The Morgan fingerprint density at radius 3 is 1.74 bits per heavy atom. The zero-order valence-corrected chi connectivity index (χ0v) is 25.8. The molecule has 5 nitrogen and oxygen atoms in total. The average molecular weight is 649 g/mol. The number of hydrogen-bond donors (Lipinski definition) is 0. The number of benzene rings is 4. The largest absolute Gasteiger partial charge is 0.741 e. The van der Waals surface area contributed by atoms with E-state index in [9.17, 15) is 21.6 Å². The molecule has 0 bridgehead atoms. The van der Waals surface area contributed by atoms with Gasteiger partial charge in [-0.15, -0.1) is 0 Å². The summed E-state index contributed by atoms with van der Waals surface area (Å²) in [5, 5.41) is 0. The van der Waals surface area contributed by atoms with E-state index in [4.69, 9.17) is 13.0 Å². The summed E-state index contributed by atoms with van der Waals surface area (Å²) in [7, 11) is -9.69. The summed E-state index contributed by atoms with van der Waals surface area (Å²) in [5.41, 5.74) is -1.74. The second kappa shape index (κ2) is 13.7. The zero-order valence-electron chi connectivity index (χ0n) is 23.3. The van der Waals surface area contributed by atoms with Crippen LogP contribution >= 0.6 is 0 Å². The fourth-order valence-electron chi connectivity index (χ4n) is 5.02. The average Bonchev–Trinajstić information content (AvgIpc) is 2.98. The molecule has 0 aromatic heterocycles. The Morgan fingerprint density at radius 1 is 0.698 bits per heavy atom. The SMILES string of the molecule is CS(=O)(=O)c1ccc([S+](c2ccccc2)c2ccccc2-c2ccc(C3CCCCC3)cc2)cc1.O=S(=O)([O-])C(F)(F)F. The van der Waals surface area contributed by atoms with Crippen molar-refractivity contribution in [3.8, 4) is 11.1 Å². The van der Waals surface area contributed by atoms with Crippen molar-refractivity contribution < 1.29 is 34.6 Å². The van der Waals surface area contributed by atoms with Crippen molar-refractivity contribution in [1.82, 2.24) is 0 Å². The van der Waals surface area contributed by atoms with Crippen LogP contribution in [0, 0.1) is 0 Å². The van der Waals surface area contributed by atoms with Gasteiger partial charge in [0.05, 0.1) is 15.8 Å². The molecule has 4 aromatic rings. The summed E-state index contributed by atoms with van der Waals surface area (Å²) < 4.78 is 83.0. The number of hydrogen-bond acceptors (Lipinski definition) is 5. The molecule has 0 saturated heterocycles. The predicted octanol–water partition coefficient (Wildman–Crippen LogP) is 7.95. The van der Waals surface area contributed by atoms with E-state index in [2.05, 4.69) is 72.8 Å². The van der Waals surface area contributed by atoms with Gasteiger partial charge in [-0.2, -0.15) is 13.2 Å². The van der Waals surface area contributed by atoms with E-state index in [-0.39, 0.29) is 10.9 Å². The normalized spacial score (nSPS) is 15.3. The molecule has 1 aliphatic carbocycles. The van der Waals surface area contributed by atoms with Crippen molar-refractivity contribution in [3.63, 3.8) is 0 Å². The highest BCUT2D eigenvalue weighted by Crippen LogP contribution is 2.39. The van der Waals surface area contributed by atoms with Crippen LogP contribution in [-0.2, 0) is 30.9 Å². The van der Waals surface area contributed by atoms with Crippen molar-refractivity contribution in [2.75, 3.05) is 6.26 Å². The third kappa shape index (κ3) is 8.50. The quantitative estimate of drug-likeness (QED) is 0.120. The van der Waals surface area contributed by atoms with Gasteiger partial charge in [0.2, 0.25) is 0 Å². The molecule has 0 heterocycles. The minimum atomic E-state index is -6.09. The minimum Gasteiger partial charge on any atom is -0.741 e. The van der Waals surface area contributed by atoms with E-state index in [1.807, 2.05) is 18.2 Å². The van der Waals surface area contributed by atoms with Crippen molar-refractivity contribution in [1.29, 1.82) is 0 Å². The Kier molecular flexibility index (Phi) is 10.4. The van der Waals surface area contributed by atoms with Gasteiger partial charge in [0.25, 0.3) is 0 Å². The first-order valence-corrected chi connectivity index (χ1v) is 18.1. The lowest BCUT2D eigenvalue weighted by molar-refractivity contribution is -0.0517. The Morgan fingerprint density at radius 2 is 1.21 bits per heavy atom. The fraction of sp³-hybridized carbons (Fsp3) is 0.250. The van der Waals surface area contributed by atoms with Gasteiger partial charge in [-0.25, -0.2) is 16.8 Å². The number of sulfone groups is 1. The van der Waals surface area contributed by atoms with E-state index < -0.39 is 25.5 Å². The maximum Gasteiger partial charge on any atom is 0.485 e. The van der Waals surface area contributed by atoms with Crippen molar-refractivity contribution in [2.45, 2.75) is 63.1 Å². The number of halogens is 3. The third-order valence-electron chi connectivity index (χ3n) is 7.16. The van der Waals surface area contributed by atoms with E-state index in [0.717, 1.165) is 4.90 Å². The van der Waals surface area contributed by atoms with Gasteiger partial charge in [-0.1, -0.05) is 73.9 Å². The highest BCUT2D eigenvalue weighted by Gasteiger charge is 2.37. The minimum absolute atomic E-state index is 0.351. The molecule has 228 valence electrons. The van der Waals surface area contributed by atoms with Crippen LogP contribution in [0.15, 0.2) is 123 Å². The van der Waals surface area contributed by atoms with Crippen LogP contribution in [0.3, 0.4) is 0 Å². The molecule has 1 saturated carbocycles. The molecule has 1 atom stereocenters. The predicted molar refractivity (Wildman–Crippen MR) is 162 cm³/mol.